The lowest BCUT2D eigenvalue weighted by Crippen LogP contribution is -2.00. The summed E-state index contributed by atoms with van der Waals surface area (Å²) in [4.78, 5) is 9.64. The molecule has 0 atom stereocenters. The van der Waals surface area contributed by atoms with Crippen molar-refractivity contribution in [3.8, 4) is 0 Å². The van der Waals surface area contributed by atoms with Gasteiger partial charge in [-0.25, -0.2) is 4.39 Å². The van der Waals surface area contributed by atoms with E-state index in [0.29, 0.717) is 0 Å². The molecule has 13 heavy (non-hydrogen) atoms. The van der Waals surface area contributed by atoms with Gasteiger partial charge in [-0.1, -0.05) is 0 Å². The monoisotopic (exact) mass is 206 g/mol. The summed E-state index contributed by atoms with van der Waals surface area (Å²) in [7, 11) is 0. The molecule has 0 heterocycles. The Kier molecular flexibility index (Phi) is 4.30. The number of nitrogens with zero attached hydrogens (tertiary/aromatic N) is 1. The summed E-state index contributed by atoms with van der Waals surface area (Å²) < 4.78 is 12.7. The van der Waals surface area contributed by atoms with Gasteiger partial charge in [-0.15, -0.1) is 12.4 Å². The smallest absolute Gasteiger partial charge is 0.269 e. The zero-order valence-corrected chi connectivity index (χ0v) is 7.38. The van der Waals surface area contributed by atoms with Gasteiger partial charge in [0.1, 0.15) is 5.82 Å². The van der Waals surface area contributed by atoms with E-state index in [4.69, 9.17) is 5.73 Å². The summed E-state index contributed by atoms with van der Waals surface area (Å²) in [5.74, 6) is -0.511. The molecule has 1 aromatic rings. The molecule has 1 aromatic carbocycles. The quantitative estimate of drug-likeness (QED) is 0.591. The van der Waals surface area contributed by atoms with Gasteiger partial charge in [-0.05, 0) is 6.07 Å². The van der Waals surface area contributed by atoms with E-state index in [2.05, 4.69) is 0 Å². The number of nitrogens with two attached hydrogens (primary N) is 1. The second-order valence-electron chi connectivity index (χ2n) is 2.24. The highest BCUT2D eigenvalue weighted by molar-refractivity contribution is 5.85. The van der Waals surface area contributed by atoms with Crippen LogP contribution in [0, 0.1) is 15.9 Å². The molecule has 4 nitrogen and oxygen atoms in total. The first kappa shape index (κ1) is 11.8. The number of halogens is 2. The van der Waals surface area contributed by atoms with Gasteiger partial charge in [0.05, 0.1) is 4.92 Å². The third kappa shape index (κ3) is 2.64. The first-order valence-electron chi connectivity index (χ1n) is 3.28. The Morgan fingerprint density at radius 2 is 2.15 bits per heavy atom. The van der Waals surface area contributed by atoms with E-state index in [0.717, 1.165) is 18.2 Å². The van der Waals surface area contributed by atoms with Crippen LogP contribution in [0.2, 0.25) is 0 Å². The van der Waals surface area contributed by atoms with Gasteiger partial charge >= 0.3 is 0 Å². The first-order chi connectivity index (χ1) is 5.65. The van der Waals surface area contributed by atoms with Gasteiger partial charge in [0.25, 0.3) is 5.69 Å². The maximum absolute atomic E-state index is 12.7. The zero-order chi connectivity index (χ0) is 9.14. The lowest BCUT2D eigenvalue weighted by atomic mass is 10.2. The van der Waals surface area contributed by atoms with Crippen LogP contribution in [0.15, 0.2) is 18.2 Å². The fourth-order valence-corrected chi connectivity index (χ4v) is 0.831. The third-order valence-electron chi connectivity index (χ3n) is 1.46. The molecule has 0 saturated heterocycles. The normalized spacial score (nSPS) is 9.08. The SMILES string of the molecule is Cl.NCc1cc([N+](=O)[O-])ccc1F. The summed E-state index contributed by atoms with van der Waals surface area (Å²) in [5, 5.41) is 10.2. The second kappa shape index (κ2) is 4.74. The van der Waals surface area contributed by atoms with Crippen LogP contribution >= 0.6 is 12.4 Å². The highest BCUT2D eigenvalue weighted by Crippen LogP contribution is 2.15. The van der Waals surface area contributed by atoms with Crippen LogP contribution in [0.4, 0.5) is 10.1 Å². The Bertz CT molecular complexity index is 319. The molecule has 0 bridgehead atoms. The van der Waals surface area contributed by atoms with Crippen LogP contribution in [0.25, 0.3) is 0 Å². The number of nitro groups is 1. The summed E-state index contributed by atoms with van der Waals surface area (Å²) in [6.45, 7) is -0.0342. The molecule has 0 amide bonds. The van der Waals surface area contributed by atoms with Crippen molar-refractivity contribution in [1.29, 1.82) is 0 Å². The van der Waals surface area contributed by atoms with Crippen molar-refractivity contribution in [2.75, 3.05) is 0 Å². The minimum atomic E-state index is -0.585. The van der Waals surface area contributed by atoms with Gasteiger partial charge in [-0.2, -0.15) is 0 Å². The number of nitro benzene ring substituents is 1. The number of rotatable bonds is 2. The van der Waals surface area contributed by atoms with Crippen LogP contribution in [0.5, 0.6) is 0 Å². The molecule has 6 heteroatoms. The Morgan fingerprint density at radius 3 is 2.62 bits per heavy atom. The molecule has 2 N–H and O–H groups in total. The Hall–Kier alpha value is -1.20. The van der Waals surface area contributed by atoms with Crippen molar-refractivity contribution < 1.29 is 9.31 Å². The number of hydrogen-bond acceptors (Lipinski definition) is 3. The molecule has 72 valence electrons. The molecule has 0 saturated carbocycles. The van der Waals surface area contributed by atoms with Gasteiger partial charge in [0.15, 0.2) is 0 Å². The van der Waals surface area contributed by atoms with Gasteiger partial charge in [0.2, 0.25) is 0 Å². The number of benzene rings is 1. The predicted octanol–water partition coefficient (Wildman–Crippen LogP) is 1.61. The number of hydrogen-bond donors (Lipinski definition) is 1. The average molecular weight is 207 g/mol. The highest BCUT2D eigenvalue weighted by Gasteiger charge is 2.08. The Morgan fingerprint density at radius 1 is 1.54 bits per heavy atom. The summed E-state index contributed by atoms with van der Waals surface area (Å²) in [6, 6.07) is 3.28. The van der Waals surface area contributed by atoms with E-state index in [1.54, 1.807) is 0 Å². The minimum Gasteiger partial charge on any atom is -0.326 e. The van der Waals surface area contributed by atoms with Gasteiger partial charge < -0.3 is 5.73 Å². The summed E-state index contributed by atoms with van der Waals surface area (Å²) in [5.41, 5.74) is 5.17. The minimum absolute atomic E-state index is 0. The van der Waals surface area contributed by atoms with E-state index in [1.807, 2.05) is 0 Å². The summed E-state index contributed by atoms with van der Waals surface area (Å²) >= 11 is 0. The molecule has 0 spiro atoms. The van der Waals surface area contributed by atoms with E-state index >= 15 is 0 Å². The maximum Gasteiger partial charge on any atom is 0.269 e. The molecule has 0 aromatic heterocycles. The fourth-order valence-electron chi connectivity index (χ4n) is 0.831. The zero-order valence-electron chi connectivity index (χ0n) is 6.57. The molecule has 1 rings (SSSR count). The standard InChI is InChI=1S/C7H7FN2O2.ClH/c8-7-2-1-6(10(11)12)3-5(7)4-9;/h1-3H,4,9H2;1H. The third-order valence-corrected chi connectivity index (χ3v) is 1.46. The molecule has 0 aliphatic carbocycles. The maximum atomic E-state index is 12.7. The summed E-state index contributed by atoms with van der Waals surface area (Å²) in [6.07, 6.45) is 0. The second-order valence-corrected chi connectivity index (χ2v) is 2.24. The highest BCUT2D eigenvalue weighted by atomic mass is 35.5. The first-order valence-corrected chi connectivity index (χ1v) is 3.28. The Balaban J connectivity index is 0.00000144. The topological polar surface area (TPSA) is 69.2 Å². The molecular weight excluding hydrogens is 199 g/mol. The molecular formula is C7H8ClFN2O2. The molecule has 0 radical (unpaired) electrons. The van der Waals surface area contributed by atoms with Crippen LogP contribution < -0.4 is 5.73 Å². The lowest BCUT2D eigenvalue weighted by molar-refractivity contribution is -0.385. The van der Waals surface area contributed by atoms with Crippen molar-refractivity contribution in [1.82, 2.24) is 0 Å². The number of non-ortho nitro benzene ring substituents is 1. The van der Waals surface area contributed by atoms with Crippen LogP contribution in [-0.4, -0.2) is 4.92 Å². The van der Waals surface area contributed by atoms with Crippen LogP contribution in [0.1, 0.15) is 5.56 Å². The van der Waals surface area contributed by atoms with Crippen molar-refractivity contribution >= 4 is 18.1 Å². The van der Waals surface area contributed by atoms with Crippen molar-refractivity contribution in [2.24, 2.45) is 5.73 Å². The van der Waals surface area contributed by atoms with Crippen LogP contribution in [-0.2, 0) is 6.54 Å². The van der Waals surface area contributed by atoms with E-state index in [-0.39, 0.29) is 30.2 Å². The van der Waals surface area contributed by atoms with E-state index < -0.39 is 10.7 Å². The van der Waals surface area contributed by atoms with Gasteiger partial charge in [0, 0.05) is 24.2 Å². The van der Waals surface area contributed by atoms with Crippen molar-refractivity contribution in [3.63, 3.8) is 0 Å². The average Bonchev–Trinajstić information content (AvgIpc) is 2.05. The Labute approximate surface area is 80.1 Å². The van der Waals surface area contributed by atoms with Crippen molar-refractivity contribution in [2.45, 2.75) is 6.54 Å². The van der Waals surface area contributed by atoms with Gasteiger partial charge in [-0.3, -0.25) is 10.1 Å². The molecule has 0 aliphatic rings. The predicted molar refractivity (Wildman–Crippen MR) is 48.2 cm³/mol. The van der Waals surface area contributed by atoms with E-state index in [1.165, 1.54) is 0 Å². The molecule has 0 fully saturated rings. The molecule has 0 aliphatic heterocycles. The van der Waals surface area contributed by atoms with E-state index in [9.17, 15) is 14.5 Å². The fraction of sp³-hybridized carbons (Fsp3) is 0.143. The van der Waals surface area contributed by atoms with Crippen LogP contribution in [0.3, 0.4) is 0 Å². The molecule has 0 unspecified atom stereocenters. The lowest BCUT2D eigenvalue weighted by Gasteiger charge is -1.97. The van der Waals surface area contributed by atoms with Crippen molar-refractivity contribution in [3.05, 3.63) is 39.7 Å². The largest absolute Gasteiger partial charge is 0.326 e.